The van der Waals surface area contributed by atoms with Gasteiger partial charge in [-0.25, -0.2) is 9.78 Å². The fourth-order valence-corrected chi connectivity index (χ4v) is 2.06. The van der Waals surface area contributed by atoms with Crippen LogP contribution in [0.25, 0.3) is 10.2 Å². The van der Waals surface area contributed by atoms with Crippen molar-refractivity contribution in [2.75, 3.05) is 0 Å². The number of pyridine rings is 1. The molecule has 0 aliphatic heterocycles. The summed E-state index contributed by atoms with van der Waals surface area (Å²) >= 11 is 7.00. The van der Waals surface area contributed by atoms with E-state index in [0.717, 1.165) is 4.70 Å². The summed E-state index contributed by atoms with van der Waals surface area (Å²) in [5, 5.41) is 10.7. The van der Waals surface area contributed by atoms with Gasteiger partial charge in [0.1, 0.15) is 5.15 Å². The summed E-state index contributed by atoms with van der Waals surface area (Å²) in [4.78, 5) is 14.7. The number of carbonyl (C=O) groups is 1. The van der Waals surface area contributed by atoms with E-state index >= 15 is 0 Å². The molecule has 2 aromatic rings. The zero-order chi connectivity index (χ0) is 9.42. The predicted molar refractivity (Wildman–Crippen MR) is 51.6 cm³/mol. The van der Waals surface area contributed by atoms with Gasteiger partial charge < -0.3 is 5.11 Å². The van der Waals surface area contributed by atoms with Crippen molar-refractivity contribution in [3.05, 3.63) is 28.2 Å². The average molecular weight is 214 g/mol. The normalized spacial score (nSPS) is 10.5. The number of rotatable bonds is 1. The number of carboxylic acids is 1. The van der Waals surface area contributed by atoms with Crippen LogP contribution in [0.15, 0.2) is 17.5 Å². The summed E-state index contributed by atoms with van der Waals surface area (Å²) in [7, 11) is 0. The van der Waals surface area contributed by atoms with Gasteiger partial charge in [0, 0.05) is 5.38 Å². The zero-order valence-corrected chi connectivity index (χ0v) is 7.89. The molecule has 0 unspecified atom stereocenters. The third kappa shape index (κ3) is 1.38. The van der Waals surface area contributed by atoms with E-state index in [1.807, 2.05) is 0 Å². The van der Waals surface area contributed by atoms with Gasteiger partial charge in [0.15, 0.2) is 0 Å². The largest absolute Gasteiger partial charge is 0.478 e. The van der Waals surface area contributed by atoms with E-state index < -0.39 is 5.97 Å². The molecule has 0 aliphatic rings. The third-order valence-electron chi connectivity index (χ3n) is 1.61. The highest BCUT2D eigenvalue weighted by molar-refractivity contribution is 7.17. The topological polar surface area (TPSA) is 50.2 Å². The zero-order valence-electron chi connectivity index (χ0n) is 6.32. The fourth-order valence-electron chi connectivity index (χ4n) is 1.04. The van der Waals surface area contributed by atoms with E-state index in [1.165, 1.54) is 11.3 Å². The molecule has 1 N–H and O–H groups in total. The maximum absolute atomic E-state index is 10.7. The lowest BCUT2D eigenvalue weighted by atomic mass is 10.3. The van der Waals surface area contributed by atoms with Crippen LogP contribution in [0.1, 0.15) is 10.4 Å². The lowest BCUT2D eigenvalue weighted by molar-refractivity contribution is 0.0699. The second kappa shape index (κ2) is 2.97. The second-order valence-corrected chi connectivity index (χ2v) is 3.73. The summed E-state index contributed by atoms with van der Waals surface area (Å²) in [6.45, 7) is 0. The van der Waals surface area contributed by atoms with Crippen molar-refractivity contribution in [3.63, 3.8) is 0 Å². The Bertz CT molecular complexity index is 480. The highest BCUT2D eigenvalue weighted by atomic mass is 35.5. The Morgan fingerprint density at radius 2 is 2.31 bits per heavy atom. The van der Waals surface area contributed by atoms with Crippen LogP contribution in [0.5, 0.6) is 0 Å². The molecule has 2 aromatic heterocycles. The molecule has 13 heavy (non-hydrogen) atoms. The molecular formula is C8H4ClNO2S. The van der Waals surface area contributed by atoms with Crippen LogP contribution >= 0.6 is 22.9 Å². The molecule has 0 saturated carbocycles. The van der Waals surface area contributed by atoms with Crippen LogP contribution in [0, 0.1) is 0 Å². The maximum atomic E-state index is 10.7. The second-order valence-electron chi connectivity index (χ2n) is 2.44. The van der Waals surface area contributed by atoms with Crippen molar-refractivity contribution < 1.29 is 9.90 Å². The third-order valence-corrected chi connectivity index (χ3v) is 2.76. The van der Waals surface area contributed by atoms with Crippen molar-refractivity contribution in [2.45, 2.75) is 0 Å². The van der Waals surface area contributed by atoms with E-state index in [2.05, 4.69) is 4.98 Å². The van der Waals surface area contributed by atoms with E-state index in [-0.39, 0.29) is 5.56 Å². The van der Waals surface area contributed by atoms with Gasteiger partial charge in [0.05, 0.1) is 15.8 Å². The number of halogens is 1. The molecule has 5 heteroatoms. The van der Waals surface area contributed by atoms with Gasteiger partial charge in [-0.05, 0) is 12.1 Å². The number of aromatic carboxylic acids is 1. The Hall–Kier alpha value is -1.13. The highest BCUT2D eigenvalue weighted by Gasteiger charge is 2.11. The maximum Gasteiger partial charge on any atom is 0.338 e. The molecule has 3 nitrogen and oxygen atoms in total. The number of nitrogens with zero attached hydrogens (tertiary/aromatic N) is 1. The van der Waals surface area contributed by atoms with E-state index in [9.17, 15) is 4.79 Å². The number of hydrogen-bond donors (Lipinski definition) is 1. The highest BCUT2D eigenvalue weighted by Crippen LogP contribution is 2.25. The van der Waals surface area contributed by atoms with Gasteiger partial charge >= 0.3 is 5.97 Å². The van der Waals surface area contributed by atoms with Crippen molar-refractivity contribution in [1.82, 2.24) is 4.98 Å². The lowest BCUT2D eigenvalue weighted by Crippen LogP contribution is -1.94. The first kappa shape index (κ1) is 8.47. The van der Waals surface area contributed by atoms with Crippen LogP contribution < -0.4 is 0 Å². The minimum absolute atomic E-state index is 0.211. The van der Waals surface area contributed by atoms with Gasteiger partial charge in [0.2, 0.25) is 0 Å². The van der Waals surface area contributed by atoms with E-state index in [1.54, 1.807) is 17.5 Å². The van der Waals surface area contributed by atoms with Crippen molar-refractivity contribution in [2.24, 2.45) is 0 Å². The van der Waals surface area contributed by atoms with Crippen molar-refractivity contribution in [3.8, 4) is 0 Å². The quantitative estimate of drug-likeness (QED) is 0.741. The number of hydrogen-bond acceptors (Lipinski definition) is 3. The summed E-state index contributed by atoms with van der Waals surface area (Å²) < 4.78 is 0.835. The molecule has 66 valence electrons. The summed E-state index contributed by atoms with van der Waals surface area (Å²) in [5.41, 5.74) is 0.674. The monoisotopic (exact) mass is 213 g/mol. The summed E-state index contributed by atoms with van der Waals surface area (Å²) in [6, 6.07) is 3.41. The van der Waals surface area contributed by atoms with Gasteiger partial charge in [0.25, 0.3) is 0 Å². The van der Waals surface area contributed by atoms with Crippen LogP contribution in [0.3, 0.4) is 0 Å². The molecular weight excluding hydrogens is 210 g/mol. The Labute approximate surface area is 82.6 Å². The Morgan fingerprint density at radius 3 is 3.00 bits per heavy atom. The van der Waals surface area contributed by atoms with Gasteiger partial charge in [-0.3, -0.25) is 0 Å². The smallest absolute Gasteiger partial charge is 0.338 e. The van der Waals surface area contributed by atoms with Gasteiger partial charge in [-0.2, -0.15) is 0 Å². The minimum Gasteiger partial charge on any atom is -0.478 e. The molecule has 0 aromatic carbocycles. The summed E-state index contributed by atoms with van der Waals surface area (Å²) in [5.74, 6) is -0.971. The molecule has 0 atom stereocenters. The first-order valence-electron chi connectivity index (χ1n) is 3.45. The molecule has 0 aliphatic carbocycles. The van der Waals surface area contributed by atoms with Gasteiger partial charge in [-0.1, -0.05) is 11.6 Å². The SMILES string of the molecule is O=C(O)c1csc2ccc(Cl)nc12. The average Bonchev–Trinajstić information content (AvgIpc) is 2.46. The van der Waals surface area contributed by atoms with Crippen LogP contribution in [0.2, 0.25) is 5.15 Å². The van der Waals surface area contributed by atoms with E-state index in [4.69, 9.17) is 16.7 Å². The van der Waals surface area contributed by atoms with Crippen LogP contribution in [0.4, 0.5) is 0 Å². The Kier molecular flexibility index (Phi) is 1.94. The van der Waals surface area contributed by atoms with Crippen LogP contribution in [-0.2, 0) is 0 Å². The van der Waals surface area contributed by atoms with E-state index in [0.29, 0.717) is 10.7 Å². The summed E-state index contributed by atoms with van der Waals surface area (Å²) in [6.07, 6.45) is 0. The molecule has 0 spiro atoms. The standard InChI is InChI=1S/C8H4ClNO2S/c9-6-2-1-5-7(10-6)4(3-13-5)8(11)12/h1-3H,(H,11,12). The van der Waals surface area contributed by atoms with Crippen LogP contribution in [-0.4, -0.2) is 16.1 Å². The molecule has 2 rings (SSSR count). The van der Waals surface area contributed by atoms with Crippen molar-refractivity contribution >= 4 is 39.1 Å². The number of thiophene rings is 1. The first-order chi connectivity index (χ1) is 6.18. The Balaban J connectivity index is 2.79. The fraction of sp³-hybridized carbons (Fsp3) is 0. The first-order valence-corrected chi connectivity index (χ1v) is 4.71. The molecule has 0 radical (unpaired) electrons. The lowest BCUT2D eigenvalue weighted by Gasteiger charge is -1.92. The predicted octanol–water partition coefficient (Wildman–Crippen LogP) is 2.65. The molecule has 0 amide bonds. The number of fused-ring (bicyclic) bond motifs is 1. The Morgan fingerprint density at radius 1 is 1.54 bits per heavy atom. The minimum atomic E-state index is -0.971. The van der Waals surface area contributed by atoms with Gasteiger partial charge in [-0.15, -0.1) is 11.3 Å². The number of aromatic nitrogens is 1. The number of carboxylic acid groups (broad SMARTS) is 1. The molecule has 2 heterocycles. The van der Waals surface area contributed by atoms with Crippen molar-refractivity contribution in [1.29, 1.82) is 0 Å². The molecule has 0 bridgehead atoms. The molecule has 0 fully saturated rings. The molecule has 0 saturated heterocycles.